The second-order valence-electron chi connectivity index (χ2n) is 5.76. The van der Waals surface area contributed by atoms with Gasteiger partial charge in [-0.05, 0) is 43.5 Å². The third-order valence-corrected chi connectivity index (χ3v) is 5.09. The monoisotopic (exact) mass is 326 g/mol. The maximum absolute atomic E-state index is 6.04. The molecule has 0 spiro atoms. The highest BCUT2D eigenvalue weighted by Gasteiger charge is 2.28. The summed E-state index contributed by atoms with van der Waals surface area (Å²) in [5.41, 5.74) is 1.16. The topological polar surface area (TPSA) is 59.9 Å². The summed E-state index contributed by atoms with van der Waals surface area (Å²) >= 11 is 1.69. The van der Waals surface area contributed by atoms with Gasteiger partial charge in [0.2, 0.25) is 0 Å². The van der Waals surface area contributed by atoms with Crippen LogP contribution in [0.1, 0.15) is 29.4 Å². The standard InChI is InChI=1S/C17H18N4OS/c1-11-9-13-16(19-10-20-17(13)23-11)21-14-3-2-8-22-15(14)12-4-6-18-7-5-12/h4-7,9-10,14-15H,2-3,8H2,1H3,(H,19,20,21)/t14-,15+/m0/s1. The van der Waals surface area contributed by atoms with E-state index >= 15 is 0 Å². The van der Waals surface area contributed by atoms with E-state index in [0.717, 1.165) is 41.0 Å². The van der Waals surface area contributed by atoms with E-state index in [9.17, 15) is 0 Å². The summed E-state index contributed by atoms with van der Waals surface area (Å²) in [6.07, 6.45) is 7.39. The van der Waals surface area contributed by atoms with Crippen LogP contribution < -0.4 is 5.32 Å². The Morgan fingerprint density at radius 2 is 2.13 bits per heavy atom. The van der Waals surface area contributed by atoms with Crippen molar-refractivity contribution in [2.45, 2.75) is 31.9 Å². The molecule has 1 fully saturated rings. The first-order valence-electron chi connectivity index (χ1n) is 7.80. The predicted molar refractivity (Wildman–Crippen MR) is 91.7 cm³/mol. The van der Waals surface area contributed by atoms with Gasteiger partial charge in [-0.3, -0.25) is 4.98 Å². The molecule has 0 unspecified atom stereocenters. The lowest BCUT2D eigenvalue weighted by Crippen LogP contribution is -2.34. The van der Waals surface area contributed by atoms with Crippen molar-refractivity contribution in [2.24, 2.45) is 0 Å². The first-order valence-corrected chi connectivity index (χ1v) is 8.62. The van der Waals surface area contributed by atoms with Crippen molar-refractivity contribution >= 4 is 27.4 Å². The van der Waals surface area contributed by atoms with E-state index in [1.165, 1.54) is 4.88 Å². The maximum Gasteiger partial charge on any atom is 0.138 e. The van der Waals surface area contributed by atoms with E-state index in [1.807, 2.05) is 24.5 Å². The van der Waals surface area contributed by atoms with Crippen molar-refractivity contribution in [3.63, 3.8) is 0 Å². The fourth-order valence-corrected chi connectivity index (χ4v) is 3.92. The third-order valence-electron chi connectivity index (χ3n) is 4.13. The van der Waals surface area contributed by atoms with E-state index in [0.29, 0.717) is 0 Å². The van der Waals surface area contributed by atoms with Gasteiger partial charge < -0.3 is 10.1 Å². The van der Waals surface area contributed by atoms with Gasteiger partial charge in [-0.1, -0.05) is 0 Å². The molecule has 4 heterocycles. The van der Waals surface area contributed by atoms with Gasteiger partial charge in [0.25, 0.3) is 0 Å². The molecule has 0 aliphatic carbocycles. The third kappa shape index (κ3) is 2.92. The van der Waals surface area contributed by atoms with Gasteiger partial charge in [0.05, 0.1) is 11.4 Å². The average molecular weight is 326 g/mol. The molecule has 118 valence electrons. The Morgan fingerprint density at radius 3 is 3.00 bits per heavy atom. The zero-order valence-electron chi connectivity index (χ0n) is 12.9. The van der Waals surface area contributed by atoms with Crippen LogP contribution in [0.15, 0.2) is 36.9 Å². The Hall–Kier alpha value is -2.05. The van der Waals surface area contributed by atoms with Gasteiger partial charge in [0.15, 0.2) is 0 Å². The van der Waals surface area contributed by atoms with Gasteiger partial charge in [-0.2, -0.15) is 0 Å². The molecule has 23 heavy (non-hydrogen) atoms. The molecule has 0 saturated carbocycles. The molecule has 0 radical (unpaired) electrons. The molecule has 5 nitrogen and oxygen atoms in total. The lowest BCUT2D eigenvalue weighted by Gasteiger charge is -2.33. The molecule has 4 rings (SSSR count). The fourth-order valence-electron chi connectivity index (χ4n) is 3.08. The largest absolute Gasteiger partial charge is 0.371 e. The minimum absolute atomic E-state index is 0.0245. The smallest absolute Gasteiger partial charge is 0.138 e. The second-order valence-corrected chi connectivity index (χ2v) is 7.00. The highest BCUT2D eigenvalue weighted by Crippen LogP contribution is 2.33. The molecule has 0 amide bonds. The molecule has 1 N–H and O–H groups in total. The number of nitrogens with one attached hydrogen (secondary N) is 1. The summed E-state index contributed by atoms with van der Waals surface area (Å²) in [5, 5.41) is 4.69. The number of rotatable bonds is 3. The molecule has 2 atom stereocenters. The Kier molecular flexibility index (Phi) is 3.93. The molecule has 3 aromatic rings. The van der Waals surface area contributed by atoms with Gasteiger partial charge >= 0.3 is 0 Å². The number of hydrogen-bond acceptors (Lipinski definition) is 6. The number of anilines is 1. The number of pyridine rings is 1. The fraction of sp³-hybridized carbons (Fsp3) is 0.353. The van der Waals surface area contributed by atoms with Crippen molar-refractivity contribution in [3.8, 4) is 0 Å². The van der Waals surface area contributed by atoms with Crippen LogP contribution in [0.2, 0.25) is 0 Å². The molecule has 1 aliphatic rings. The summed E-state index contributed by atoms with van der Waals surface area (Å²) in [4.78, 5) is 15.2. The van der Waals surface area contributed by atoms with Crippen molar-refractivity contribution in [1.82, 2.24) is 15.0 Å². The van der Waals surface area contributed by atoms with E-state index in [4.69, 9.17) is 4.74 Å². The van der Waals surface area contributed by atoms with Crippen LogP contribution in [0.25, 0.3) is 10.2 Å². The number of aromatic nitrogens is 3. The lowest BCUT2D eigenvalue weighted by molar-refractivity contribution is 0.00555. The molecule has 6 heteroatoms. The van der Waals surface area contributed by atoms with Crippen molar-refractivity contribution in [1.29, 1.82) is 0 Å². The first kappa shape index (κ1) is 14.5. The first-order chi connectivity index (χ1) is 11.3. The Labute approximate surface area is 138 Å². The number of hydrogen-bond donors (Lipinski definition) is 1. The minimum Gasteiger partial charge on any atom is -0.371 e. The molecular weight excluding hydrogens is 308 g/mol. The van der Waals surface area contributed by atoms with Gasteiger partial charge in [0.1, 0.15) is 23.1 Å². The Morgan fingerprint density at radius 1 is 1.26 bits per heavy atom. The maximum atomic E-state index is 6.04. The van der Waals surface area contributed by atoms with Crippen molar-refractivity contribution < 1.29 is 4.74 Å². The van der Waals surface area contributed by atoms with Crippen LogP contribution in [-0.4, -0.2) is 27.6 Å². The van der Waals surface area contributed by atoms with Crippen LogP contribution in [0.5, 0.6) is 0 Å². The highest BCUT2D eigenvalue weighted by molar-refractivity contribution is 7.18. The number of nitrogens with zero attached hydrogens (tertiary/aromatic N) is 3. The van der Waals surface area contributed by atoms with Crippen LogP contribution in [0.3, 0.4) is 0 Å². The van der Waals surface area contributed by atoms with E-state index < -0.39 is 0 Å². The molecule has 0 aromatic carbocycles. The molecule has 3 aromatic heterocycles. The molecule has 1 aliphatic heterocycles. The molecule has 0 bridgehead atoms. The lowest BCUT2D eigenvalue weighted by atomic mass is 9.96. The number of thiophene rings is 1. The molecular formula is C17H18N4OS. The summed E-state index contributed by atoms with van der Waals surface area (Å²) in [6.45, 7) is 2.89. The van der Waals surface area contributed by atoms with Crippen LogP contribution in [0, 0.1) is 6.92 Å². The summed E-state index contributed by atoms with van der Waals surface area (Å²) < 4.78 is 6.04. The van der Waals surface area contributed by atoms with Crippen LogP contribution in [-0.2, 0) is 4.74 Å². The van der Waals surface area contributed by atoms with E-state index in [1.54, 1.807) is 17.7 Å². The number of fused-ring (bicyclic) bond motifs is 1. The Bertz CT molecular complexity index is 805. The van der Waals surface area contributed by atoms with Gasteiger partial charge in [0, 0.05) is 23.9 Å². The SMILES string of the molecule is Cc1cc2c(N[C@H]3CCCO[C@@H]3c3ccncc3)ncnc2s1. The summed E-state index contributed by atoms with van der Waals surface area (Å²) in [7, 11) is 0. The normalized spacial score (nSPS) is 21.4. The molecule has 1 saturated heterocycles. The highest BCUT2D eigenvalue weighted by atomic mass is 32.1. The number of aryl methyl sites for hydroxylation is 1. The minimum atomic E-state index is 0.0245. The van der Waals surface area contributed by atoms with Gasteiger partial charge in [-0.25, -0.2) is 9.97 Å². The Balaban J connectivity index is 1.65. The predicted octanol–water partition coefficient (Wildman–Crippen LogP) is 3.73. The summed E-state index contributed by atoms with van der Waals surface area (Å²) in [5.74, 6) is 0.897. The van der Waals surface area contributed by atoms with E-state index in [-0.39, 0.29) is 12.1 Å². The van der Waals surface area contributed by atoms with Crippen LogP contribution in [0.4, 0.5) is 5.82 Å². The number of ether oxygens (including phenoxy) is 1. The van der Waals surface area contributed by atoms with Gasteiger partial charge in [-0.15, -0.1) is 11.3 Å². The van der Waals surface area contributed by atoms with Crippen LogP contribution >= 0.6 is 11.3 Å². The average Bonchev–Trinajstić information content (AvgIpc) is 2.98. The van der Waals surface area contributed by atoms with Crippen molar-refractivity contribution in [2.75, 3.05) is 11.9 Å². The van der Waals surface area contributed by atoms with Crippen molar-refractivity contribution in [3.05, 3.63) is 47.4 Å². The quantitative estimate of drug-likeness (QED) is 0.795. The zero-order chi connectivity index (χ0) is 15.6. The summed E-state index contributed by atoms with van der Waals surface area (Å²) in [6, 6.07) is 6.39. The van der Waals surface area contributed by atoms with E-state index in [2.05, 4.69) is 33.3 Å². The zero-order valence-corrected chi connectivity index (χ0v) is 13.7. The second kappa shape index (κ2) is 6.22.